The number of piperazine rings is 1. The predicted molar refractivity (Wildman–Crippen MR) is 131 cm³/mol. The summed E-state index contributed by atoms with van der Waals surface area (Å²) in [5.74, 6) is 0.456. The van der Waals surface area contributed by atoms with Gasteiger partial charge in [0.1, 0.15) is 5.75 Å². The van der Waals surface area contributed by atoms with E-state index in [2.05, 4.69) is 33.9 Å². The lowest BCUT2D eigenvalue weighted by molar-refractivity contribution is -0.135. The first kappa shape index (κ1) is 25.0. The second kappa shape index (κ2) is 12.0. The molecule has 2 aromatic rings. The second-order valence-corrected chi connectivity index (χ2v) is 9.88. The fourth-order valence-electron chi connectivity index (χ4n) is 3.58. The topological polar surface area (TPSA) is 78.9 Å². The van der Waals surface area contributed by atoms with Gasteiger partial charge in [-0.1, -0.05) is 49.4 Å². The van der Waals surface area contributed by atoms with Crippen LogP contribution < -0.4 is 9.46 Å². The van der Waals surface area contributed by atoms with Gasteiger partial charge in [0.25, 0.3) is 5.91 Å². The van der Waals surface area contributed by atoms with E-state index in [1.807, 2.05) is 30.0 Å². The molecule has 7 nitrogen and oxygen atoms in total. The molecule has 2 aromatic carbocycles. The molecule has 1 saturated heterocycles. The van der Waals surface area contributed by atoms with Crippen molar-refractivity contribution in [1.82, 2.24) is 14.5 Å². The molecule has 1 aliphatic rings. The van der Waals surface area contributed by atoms with E-state index >= 15 is 0 Å². The molecule has 8 heteroatoms. The van der Waals surface area contributed by atoms with Crippen LogP contribution >= 0.6 is 0 Å². The van der Waals surface area contributed by atoms with E-state index in [0.717, 1.165) is 26.1 Å². The second-order valence-electron chi connectivity index (χ2n) is 8.11. The van der Waals surface area contributed by atoms with Gasteiger partial charge >= 0.3 is 0 Å². The Kier molecular flexibility index (Phi) is 9.05. The van der Waals surface area contributed by atoms with Gasteiger partial charge in [-0.3, -0.25) is 9.69 Å². The third-order valence-corrected chi connectivity index (χ3v) is 7.01. The van der Waals surface area contributed by atoms with E-state index in [1.165, 1.54) is 11.6 Å². The minimum Gasteiger partial charge on any atom is -0.483 e. The van der Waals surface area contributed by atoms with Crippen LogP contribution in [0.5, 0.6) is 5.75 Å². The number of sulfonamides is 1. The molecule has 0 unspecified atom stereocenters. The number of hydrogen-bond acceptors (Lipinski definition) is 5. The Morgan fingerprint density at radius 1 is 1.09 bits per heavy atom. The van der Waals surface area contributed by atoms with Crippen LogP contribution in [0.2, 0.25) is 0 Å². The summed E-state index contributed by atoms with van der Waals surface area (Å²) in [6.07, 6.45) is 4.99. The van der Waals surface area contributed by atoms with E-state index in [4.69, 9.17) is 4.74 Å². The zero-order valence-corrected chi connectivity index (χ0v) is 20.2. The maximum absolute atomic E-state index is 12.6. The van der Waals surface area contributed by atoms with Gasteiger partial charge in [-0.2, -0.15) is 0 Å². The summed E-state index contributed by atoms with van der Waals surface area (Å²) in [4.78, 5) is 16.9. The zero-order valence-electron chi connectivity index (χ0n) is 19.4. The third-order valence-electron chi connectivity index (χ3n) is 5.55. The number of nitrogens with zero attached hydrogens (tertiary/aromatic N) is 2. The lowest BCUT2D eigenvalue weighted by Crippen LogP contribution is -2.49. The Hall–Kier alpha value is -2.68. The molecule has 0 aliphatic carbocycles. The summed E-state index contributed by atoms with van der Waals surface area (Å²) in [7, 11) is -3.53. The van der Waals surface area contributed by atoms with Gasteiger partial charge in [0.05, 0.1) is 4.90 Å². The quantitative estimate of drug-likeness (QED) is 0.577. The minimum absolute atomic E-state index is 0.0600. The molecule has 3 rings (SSSR count). The number of carbonyl (C=O) groups excluding carboxylic acids is 1. The molecule has 0 bridgehead atoms. The van der Waals surface area contributed by atoms with Crippen LogP contribution in [0.25, 0.3) is 6.08 Å². The summed E-state index contributed by atoms with van der Waals surface area (Å²) >= 11 is 0. The summed E-state index contributed by atoms with van der Waals surface area (Å²) in [6.45, 7) is 7.85. The van der Waals surface area contributed by atoms with Crippen molar-refractivity contribution in [2.45, 2.75) is 25.2 Å². The van der Waals surface area contributed by atoms with Gasteiger partial charge in [-0.15, -0.1) is 0 Å². The molecule has 0 radical (unpaired) electrons. The third kappa shape index (κ3) is 7.42. The lowest BCUT2D eigenvalue weighted by atomic mass is 10.2. The van der Waals surface area contributed by atoms with Gasteiger partial charge in [0.15, 0.2) is 6.61 Å². The summed E-state index contributed by atoms with van der Waals surface area (Å²) in [5.41, 5.74) is 1.86. The van der Waals surface area contributed by atoms with E-state index < -0.39 is 10.0 Å². The maximum atomic E-state index is 12.6. The van der Waals surface area contributed by atoms with Crippen LogP contribution in [0.4, 0.5) is 0 Å². The first-order chi connectivity index (χ1) is 15.9. The first-order valence-corrected chi connectivity index (χ1v) is 12.8. The summed E-state index contributed by atoms with van der Waals surface area (Å²) in [5, 5.41) is 0. The Morgan fingerprint density at radius 3 is 2.48 bits per heavy atom. The highest BCUT2D eigenvalue weighted by molar-refractivity contribution is 7.89. The van der Waals surface area contributed by atoms with Gasteiger partial charge < -0.3 is 9.64 Å². The van der Waals surface area contributed by atoms with Crippen molar-refractivity contribution in [3.63, 3.8) is 0 Å². The Bertz CT molecular complexity index is 1050. The Balaban J connectivity index is 1.44. The molecule has 0 atom stereocenters. The molecule has 1 amide bonds. The Labute approximate surface area is 197 Å². The van der Waals surface area contributed by atoms with E-state index in [-0.39, 0.29) is 17.4 Å². The minimum atomic E-state index is -3.53. The zero-order chi connectivity index (χ0) is 23.7. The van der Waals surface area contributed by atoms with Crippen LogP contribution in [0.3, 0.4) is 0 Å². The van der Waals surface area contributed by atoms with Crippen LogP contribution in [0, 0.1) is 6.92 Å². The highest BCUT2D eigenvalue weighted by Crippen LogP contribution is 2.22. The standard InChI is InChI=1S/C25H33N3O4S/c1-3-13-26-33(30,31)23-11-12-24(21(2)19-23)32-20-25(29)28-17-15-27(16-18-28)14-7-10-22-8-5-4-6-9-22/h4-12,19,26H,3,13-18,20H2,1-2H3/b10-7+. The number of carbonyl (C=O) groups is 1. The van der Waals surface area contributed by atoms with Gasteiger partial charge in [0.2, 0.25) is 10.0 Å². The van der Waals surface area contributed by atoms with Crippen LogP contribution in [-0.2, 0) is 14.8 Å². The molecule has 178 valence electrons. The molecular weight excluding hydrogens is 438 g/mol. The fraction of sp³-hybridized carbons (Fsp3) is 0.400. The number of amides is 1. The summed E-state index contributed by atoms with van der Waals surface area (Å²) < 4.78 is 32.8. The van der Waals surface area contributed by atoms with Crippen molar-refractivity contribution in [1.29, 1.82) is 0 Å². The number of benzene rings is 2. The highest BCUT2D eigenvalue weighted by atomic mass is 32.2. The van der Waals surface area contributed by atoms with Gasteiger partial charge in [0, 0.05) is 39.3 Å². The number of hydrogen-bond donors (Lipinski definition) is 1. The number of nitrogens with one attached hydrogen (secondary N) is 1. The molecule has 1 heterocycles. The van der Waals surface area contributed by atoms with Gasteiger partial charge in [-0.05, 0) is 42.7 Å². The Morgan fingerprint density at radius 2 is 1.82 bits per heavy atom. The first-order valence-electron chi connectivity index (χ1n) is 11.3. The smallest absolute Gasteiger partial charge is 0.260 e. The van der Waals surface area contributed by atoms with Crippen molar-refractivity contribution in [3.8, 4) is 5.75 Å². The molecular formula is C25H33N3O4S. The van der Waals surface area contributed by atoms with Crippen molar-refractivity contribution in [2.24, 2.45) is 0 Å². The molecule has 1 fully saturated rings. The SMILES string of the molecule is CCCNS(=O)(=O)c1ccc(OCC(=O)N2CCN(C/C=C/c3ccccc3)CC2)c(C)c1. The average Bonchev–Trinajstić information content (AvgIpc) is 2.83. The fourth-order valence-corrected chi connectivity index (χ4v) is 4.80. The molecule has 1 N–H and O–H groups in total. The monoisotopic (exact) mass is 471 g/mol. The number of ether oxygens (including phenoxy) is 1. The highest BCUT2D eigenvalue weighted by Gasteiger charge is 2.21. The molecule has 0 spiro atoms. The van der Waals surface area contributed by atoms with E-state index in [1.54, 1.807) is 19.1 Å². The molecule has 0 aromatic heterocycles. The van der Waals surface area contributed by atoms with E-state index in [9.17, 15) is 13.2 Å². The predicted octanol–water partition coefficient (Wildman–Crippen LogP) is 2.92. The van der Waals surface area contributed by atoms with Crippen molar-refractivity contribution < 1.29 is 17.9 Å². The van der Waals surface area contributed by atoms with Crippen molar-refractivity contribution >= 4 is 22.0 Å². The van der Waals surface area contributed by atoms with Gasteiger partial charge in [-0.25, -0.2) is 13.1 Å². The summed E-state index contributed by atoms with van der Waals surface area (Å²) in [6, 6.07) is 14.9. The number of aryl methyl sites for hydroxylation is 1. The molecule has 1 aliphatic heterocycles. The van der Waals surface area contributed by atoms with Crippen molar-refractivity contribution in [2.75, 3.05) is 45.9 Å². The van der Waals surface area contributed by atoms with Crippen LogP contribution in [-0.4, -0.2) is 70.0 Å². The molecule has 0 saturated carbocycles. The molecule has 33 heavy (non-hydrogen) atoms. The van der Waals surface area contributed by atoms with E-state index in [0.29, 0.717) is 30.9 Å². The normalized spacial score (nSPS) is 15.2. The average molecular weight is 472 g/mol. The largest absolute Gasteiger partial charge is 0.483 e. The maximum Gasteiger partial charge on any atom is 0.260 e. The van der Waals surface area contributed by atoms with Crippen molar-refractivity contribution in [3.05, 3.63) is 65.7 Å². The van der Waals surface area contributed by atoms with Crippen LogP contribution in [0.15, 0.2) is 59.5 Å². The number of rotatable bonds is 10. The van der Waals surface area contributed by atoms with Crippen LogP contribution in [0.1, 0.15) is 24.5 Å². The lowest BCUT2D eigenvalue weighted by Gasteiger charge is -2.34.